The lowest BCUT2D eigenvalue weighted by Crippen LogP contribution is -2.42. The van der Waals surface area contributed by atoms with Gasteiger partial charge in [-0.25, -0.2) is 9.37 Å². The van der Waals surface area contributed by atoms with Gasteiger partial charge in [0.05, 0.1) is 6.20 Å². The highest BCUT2D eigenvalue weighted by molar-refractivity contribution is 6.29. The number of hydrogen-bond donors (Lipinski definition) is 1. The molecule has 0 unspecified atom stereocenters. The molecular formula is C15H12ClFN4O2. The summed E-state index contributed by atoms with van der Waals surface area (Å²) in [6.07, 6.45) is 2.75. The standard InChI is InChI=1S/C15H10ClFN4O.H2O/c16-13-7-5-10(8-18-13)20-15(22)12-6-4-9-2-1-3-11(17)14(9)21(12)19-20;/h1-3,5,7-8H,4,6H2;1H2. The second-order valence-electron chi connectivity index (χ2n) is 5.07. The molecule has 23 heavy (non-hydrogen) atoms. The van der Waals surface area contributed by atoms with Gasteiger partial charge in [0.25, 0.3) is 0 Å². The Morgan fingerprint density at radius 3 is 2.78 bits per heavy atom. The number of aromatic hydroxyl groups is 1. The molecule has 3 aromatic rings. The molecule has 0 radical (unpaired) electrons. The summed E-state index contributed by atoms with van der Waals surface area (Å²) in [4.78, 5) is 3.97. The number of fused-ring (bicyclic) bond motifs is 3. The van der Waals surface area contributed by atoms with Crippen LogP contribution in [0.3, 0.4) is 0 Å². The highest BCUT2D eigenvalue weighted by atomic mass is 35.5. The van der Waals surface area contributed by atoms with Crippen molar-refractivity contribution in [2.24, 2.45) is 0 Å². The number of para-hydroxylation sites is 1. The molecule has 0 aliphatic carbocycles. The van der Waals surface area contributed by atoms with Crippen LogP contribution in [0.25, 0.3) is 11.4 Å². The number of hydrogen-bond acceptors (Lipinski definition) is 4. The van der Waals surface area contributed by atoms with Crippen LogP contribution in [0.5, 0.6) is 5.88 Å². The molecule has 1 aliphatic heterocycles. The molecule has 2 aromatic heterocycles. The van der Waals surface area contributed by atoms with E-state index in [0.717, 1.165) is 5.56 Å². The van der Waals surface area contributed by atoms with Crippen molar-refractivity contribution in [1.29, 1.82) is 0 Å². The number of nitrogens with zero attached hydrogens (tertiary/aromatic N) is 4. The van der Waals surface area contributed by atoms with E-state index < -0.39 is 0 Å². The number of pyridine rings is 1. The van der Waals surface area contributed by atoms with Crippen molar-refractivity contribution in [3.05, 3.63) is 58.8 Å². The van der Waals surface area contributed by atoms with Crippen molar-refractivity contribution in [3.8, 4) is 17.3 Å². The Morgan fingerprint density at radius 1 is 1.22 bits per heavy atom. The van der Waals surface area contributed by atoms with Crippen molar-refractivity contribution in [2.45, 2.75) is 12.8 Å². The van der Waals surface area contributed by atoms with Gasteiger partial charge in [-0.15, -0.1) is 0 Å². The molecule has 0 saturated heterocycles. The van der Waals surface area contributed by atoms with Crippen LogP contribution in [0.4, 0.5) is 4.39 Å². The largest absolute Gasteiger partial charge is 0.870 e. The van der Waals surface area contributed by atoms with Gasteiger partial charge in [-0.2, -0.15) is 0 Å². The fourth-order valence-corrected chi connectivity index (χ4v) is 2.83. The fraction of sp³-hybridized carbons (Fsp3) is 0.133. The maximum Gasteiger partial charge on any atom is 0.354 e. The molecule has 2 N–H and O–H groups in total. The highest BCUT2D eigenvalue weighted by Gasteiger charge is 2.34. The Balaban J connectivity index is 0.00000156. The molecule has 6 nitrogen and oxygen atoms in total. The minimum absolute atomic E-state index is 0. The number of rotatable bonds is 1. The van der Waals surface area contributed by atoms with Gasteiger partial charge < -0.3 is 10.6 Å². The summed E-state index contributed by atoms with van der Waals surface area (Å²) in [6, 6.07) is 8.24. The molecule has 118 valence electrons. The Hall–Kier alpha value is -2.51. The third-order valence-electron chi connectivity index (χ3n) is 3.76. The molecule has 1 aliphatic rings. The molecule has 4 rings (SSSR count). The van der Waals surface area contributed by atoms with Crippen molar-refractivity contribution < 1.29 is 19.7 Å². The van der Waals surface area contributed by atoms with Crippen molar-refractivity contribution in [3.63, 3.8) is 0 Å². The minimum atomic E-state index is -0.359. The Morgan fingerprint density at radius 2 is 2.04 bits per heavy atom. The summed E-state index contributed by atoms with van der Waals surface area (Å²) in [7, 11) is 0. The lowest BCUT2D eigenvalue weighted by molar-refractivity contribution is -0.672. The molecule has 0 amide bonds. The summed E-state index contributed by atoms with van der Waals surface area (Å²) in [5, 5.41) is 15.1. The van der Waals surface area contributed by atoms with Gasteiger partial charge in [0.1, 0.15) is 10.4 Å². The average molecular weight is 335 g/mol. The summed E-state index contributed by atoms with van der Waals surface area (Å²) < 4.78 is 17.0. The zero-order valence-electron chi connectivity index (χ0n) is 11.8. The SMILES string of the molecule is Oc1c2[n+](nn1-c1ccc(Cl)nc1)-c1c(F)cccc1CC2.[OH-]. The quantitative estimate of drug-likeness (QED) is 0.544. The number of aromatic nitrogens is 4. The third kappa shape index (κ3) is 2.34. The Bertz CT molecular complexity index is 880. The first kappa shape index (κ1) is 15.4. The predicted octanol–water partition coefficient (Wildman–Crippen LogP) is 1.96. The monoisotopic (exact) mass is 334 g/mol. The fourth-order valence-electron chi connectivity index (χ4n) is 2.72. The van der Waals surface area contributed by atoms with Crippen molar-refractivity contribution in [1.82, 2.24) is 14.9 Å². The molecule has 3 heterocycles. The van der Waals surface area contributed by atoms with Gasteiger partial charge in [0.15, 0.2) is 17.2 Å². The van der Waals surface area contributed by atoms with Crippen molar-refractivity contribution in [2.75, 3.05) is 0 Å². The Kier molecular flexibility index (Phi) is 3.75. The van der Waals surface area contributed by atoms with Crippen LogP contribution in [-0.4, -0.2) is 25.5 Å². The summed E-state index contributed by atoms with van der Waals surface area (Å²) in [5.41, 5.74) is 2.39. The van der Waals surface area contributed by atoms with Gasteiger partial charge in [0.2, 0.25) is 5.69 Å². The Labute approximate surface area is 135 Å². The third-order valence-corrected chi connectivity index (χ3v) is 3.99. The highest BCUT2D eigenvalue weighted by Crippen LogP contribution is 2.27. The average Bonchev–Trinajstić information content (AvgIpc) is 2.85. The van der Waals surface area contributed by atoms with Gasteiger partial charge in [-0.3, -0.25) is 0 Å². The molecule has 0 atom stereocenters. The van der Waals surface area contributed by atoms with Gasteiger partial charge in [-0.1, -0.05) is 33.1 Å². The maximum absolute atomic E-state index is 14.2. The molecular weight excluding hydrogens is 323 g/mol. The molecule has 1 aromatic carbocycles. The topological polar surface area (TPSA) is 84.8 Å². The summed E-state index contributed by atoms with van der Waals surface area (Å²) >= 11 is 5.77. The smallest absolute Gasteiger partial charge is 0.354 e. The maximum atomic E-state index is 14.2. The first-order chi connectivity index (χ1) is 10.6. The lowest BCUT2D eigenvalue weighted by atomic mass is 10.0. The first-order valence-corrected chi connectivity index (χ1v) is 7.16. The predicted molar refractivity (Wildman–Crippen MR) is 78.9 cm³/mol. The van der Waals surface area contributed by atoms with E-state index in [0.29, 0.717) is 35.1 Å². The summed E-state index contributed by atoms with van der Waals surface area (Å²) in [5.74, 6) is -0.375. The van der Waals surface area contributed by atoms with E-state index in [4.69, 9.17) is 11.6 Å². The van der Waals surface area contributed by atoms with E-state index in [1.807, 2.05) is 6.07 Å². The molecule has 0 fully saturated rings. The number of halogens is 2. The molecule has 8 heteroatoms. The zero-order chi connectivity index (χ0) is 15.3. The van der Waals surface area contributed by atoms with E-state index in [-0.39, 0.29) is 17.2 Å². The van der Waals surface area contributed by atoms with E-state index in [2.05, 4.69) is 10.2 Å². The molecule has 0 bridgehead atoms. The molecule has 0 saturated carbocycles. The minimum Gasteiger partial charge on any atom is -0.870 e. The normalized spacial score (nSPS) is 12.3. The van der Waals surface area contributed by atoms with Crippen LogP contribution in [0.15, 0.2) is 36.5 Å². The van der Waals surface area contributed by atoms with Crippen LogP contribution in [0.1, 0.15) is 11.3 Å². The molecule has 0 spiro atoms. The first-order valence-electron chi connectivity index (χ1n) is 6.78. The summed E-state index contributed by atoms with van der Waals surface area (Å²) in [6.45, 7) is 0. The van der Waals surface area contributed by atoms with Crippen LogP contribution in [0.2, 0.25) is 5.15 Å². The van der Waals surface area contributed by atoms with Crippen LogP contribution < -0.4 is 4.68 Å². The van der Waals surface area contributed by atoms with E-state index in [9.17, 15) is 9.50 Å². The van der Waals surface area contributed by atoms with Gasteiger partial charge >= 0.3 is 5.88 Å². The van der Waals surface area contributed by atoms with E-state index in [1.165, 1.54) is 21.6 Å². The van der Waals surface area contributed by atoms with Crippen LogP contribution in [0, 0.1) is 5.82 Å². The van der Waals surface area contributed by atoms with E-state index in [1.54, 1.807) is 18.2 Å². The van der Waals surface area contributed by atoms with Crippen LogP contribution in [-0.2, 0) is 12.8 Å². The van der Waals surface area contributed by atoms with Gasteiger partial charge in [-0.05, 0) is 24.6 Å². The van der Waals surface area contributed by atoms with Gasteiger partial charge in [0, 0.05) is 12.0 Å². The van der Waals surface area contributed by atoms with E-state index >= 15 is 0 Å². The zero-order valence-corrected chi connectivity index (χ0v) is 12.6. The van der Waals surface area contributed by atoms with Crippen LogP contribution >= 0.6 is 11.6 Å². The second kappa shape index (κ2) is 5.60. The number of aryl methyl sites for hydroxylation is 1. The number of benzene rings is 1. The lowest BCUT2D eigenvalue weighted by Gasteiger charge is -2.11. The second-order valence-corrected chi connectivity index (χ2v) is 5.46. The van der Waals surface area contributed by atoms with Crippen molar-refractivity contribution >= 4 is 11.6 Å².